The highest BCUT2D eigenvalue weighted by Crippen LogP contribution is 2.47. The van der Waals surface area contributed by atoms with Crippen molar-refractivity contribution < 1.29 is 0 Å². The summed E-state index contributed by atoms with van der Waals surface area (Å²) < 4.78 is 7.47. The normalized spacial score (nSPS) is 12.8. The summed E-state index contributed by atoms with van der Waals surface area (Å²) in [6.45, 7) is 35.6. The fourth-order valence-electron chi connectivity index (χ4n) is 10.8. The molecule has 8 aromatic carbocycles. The molecule has 71 heavy (non-hydrogen) atoms. The molecule has 0 N–H and O–H groups in total. The van der Waals surface area contributed by atoms with Crippen molar-refractivity contribution in [1.82, 2.24) is 13.7 Å². The van der Waals surface area contributed by atoms with E-state index in [9.17, 15) is 5.26 Å². The van der Waals surface area contributed by atoms with Gasteiger partial charge in [-0.1, -0.05) is 144 Å². The number of aromatic nitrogens is 3. The maximum atomic E-state index is 10.4. The van der Waals surface area contributed by atoms with Gasteiger partial charge < -0.3 is 13.7 Å². The van der Waals surface area contributed by atoms with Crippen molar-refractivity contribution in [3.63, 3.8) is 0 Å². The van der Waals surface area contributed by atoms with Gasteiger partial charge in [-0.05, 0) is 146 Å². The Morgan fingerprint density at radius 1 is 0.380 bits per heavy atom. The van der Waals surface area contributed by atoms with E-state index in [1.165, 1.54) is 54.6 Å². The summed E-state index contributed by atoms with van der Waals surface area (Å²) in [5.41, 5.74) is 17.0. The summed E-state index contributed by atoms with van der Waals surface area (Å²) in [5.74, 6) is 0. The minimum absolute atomic E-state index is 0.0753. The molecule has 3 heterocycles. The van der Waals surface area contributed by atoms with E-state index in [4.69, 9.17) is 6.57 Å². The van der Waals surface area contributed by atoms with Crippen LogP contribution in [0, 0.1) is 17.9 Å². The minimum Gasteiger partial charge on any atom is -0.307 e. The third kappa shape index (κ3) is 7.41. The number of para-hydroxylation sites is 2. The van der Waals surface area contributed by atoms with E-state index in [-0.39, 0.29) is 21.7 Å². The van der Waals surface area contributed by atoms with Crippen LogP contribution in [0.3, 0.4) is 0 Å². The number of nitriles is 1. The van der Waals surface area contributed by atoms with Gasteiger partial charge >= 0.3 is 0 Å². The molecule has 5 heteroatoms. The SMILES string of the molecule is [C-]#[N+]c1cc(C#N)cc(-c2cc(-n3c4ccc(C(C)(C)C)cc4c4cc(C(C)(C)C)ccc43)c(-n3c4ccccc4c4ccccc43)c(-n3c4ccc(C(C)(C)C)cc4c4cc(C(C)(C)C)ccc43)c2)c1. The van der Waals surface area contributed by atoms with Gasteiger partial charge in [-0.3, -0.25) is 0 Å². The van der Waals surface area contributed by atoms with Crippen molar-refractivity contribution in [3.05, 3.63) is 191 Å². The first kappa shape index (κ1) is 45.6. The van der Waals surface area contributed by atoms with E-state index in [0.29, 0.717) is 11.3 Å². The van der Waals surface area contributed by atoms with Gasteiger partial charge in [0, 0.05) is 37.9 Å². The third-order valence-electron chi connectivity index (χ3n) is 14.9. The molecule has 350 valence electrons. The van der Waals surface area contributed by atoms with Crippen LogP contribution in [0.4, 0.5) is 5.69 Å². The zero-order valence-electron chi connectivity index (χ0n) is 43.2. The zero-order chi connectivity index (χ0) is 50.1. The molecule has 0 amide bonds. The van der Waals surface area contributed by atoms with Gasteiger partial charge in [0.05, 0.1) is 62.8 Å². The van der Waals surface area contributed by atoms with E-state index in [1.54, 1.807) is 6.07 Å². The van der Waals surface area contributed by atoms with Crippen LogP contribution < -0.4 is 0 Å². The molecular formula is C66H61N5. The van der Waals surface area contributed by atoms with Crippen molar-refractivity contribution in [1.29, 1.82) is 5.26 Å². The van der Waals surface area contributed by atoms with E-state index < -0.39 is 0 Å². The fourth-order valence-corrected chi connectivity index (χ4v) is 10.8. The van der Waals surface area contributed by atoms with E-state index in [1.807, 2.05) is 12.1 Å². The first-order valence-electron chi connectivity index (χ1n) is 24.9. The van der Waals surface area contributed by atoms with Crippen LogP contribution in [0.5, 0.6) is 0 Å². The lowest BCUT2D eigenvalue weighted by Gasteiger charge is -2.24. The highest BCUT2D eigenvalue weighted by atomic mass is 15.1. The van der Waals surface area contributed by atoms with Gasteiger partial charge in [0.15, 0.2) is 5.69 Å². The molecule has 5 nitrogen and oxygen atoms in total. The molecule has 0 aliphatic heterocycles. The maximum Gasteiger partial charge on any atom is 0.189 e. The molecule has 0 radical (unpaired) electrons. The summed E-state index contributed by atoms with van der Waals surface area (Å²) in [6.07, 6.45) is 0. The summed E-state index contributed by atoms with van der Waals surface area (Å²) in [7, 11) is 0. The predicted molar refractivity (Wildman–Crippen MR) is 301 cm³/mol. The minimum atomic E-state index is -0.0753. The van der Waals surface area contributed by atoms with Crippen molar-refractivity contribution in [2.45, 2.75) is 105 Å². The predicted octanol–water partition coefficient (Wildman–Crippen LogP) is 18.3. The van der Waals surface area contributed by atoms with Crippen LogP contribution in [0.2, 0.25) is 0 Å². The number of rotatable bonds is 4. The van der Waals surface area contributed by atoms with Gasteiger partial charge in [-0.25, -0.2) is 4.85 Å². The molecule has 0 fully saturated rings. The Morgan fingerprint density at radius 3 is 1.06 bits per heavy atom. The van der Waals surface area contributed by atoms with Crippen LogP contribution in [0.15, 0.2) is 152 Å². The molecule has 0 saturated carbocycles. The second-order valence-electron chi connectivity index (χ2n) is 23.8. The Kier molecular flexibility index (Phi) is 10.2. The lowest BCUT2D eigenvalue weighted by Crippen LogP contribution is -2.12. The van der Waals surface area contributed by atoms with Crippen molar-refractivity contribution in [2.24, 2.45) is 0 Å². The number of nitrogens with zero attached hydrogens (tertiary/aromatic N) is 5. The molecule has 3 aromatic heterocycles. The summed E-state index contributed by atoms with van der Waals surface area (Å²) in [4.78, 5) is 3.90. The zero-order valence-corrected chi connectivity index (χ0v) is 43.2. The topological polar surface area (TPSA) is 42.9 Å². The molecule has 0 aliphatic carbocycles. The molecule has 0 saturated heterocycles. The first-order chi connectivity index (χ1) is 33.6. The number of fused-ring (bicyclic) bond motifs is 9. The van der Waals surface area contributed by atoms with E-state index in [2.05, 4.69) is 241 Å². The van der Waals surface area contributed by atoms with Crippen molar-refractivity contribution >= 4 is 71.1 Å². The van der Waals surface area contributed by atoms with Gasteiger partial charge in [0.2, 0.25) is 0 Å². The second-order valence-corrected chi connectivity index (χ2v) is 23.8. The van der Waals surface area contributed by atoms with Crippen LogP contribution in [-0.4, -0.2) is 13.7 Å². The van der Waals surface area contributed by atoms with Crippen LogP contribution in [0.25, 0.3) is 98.5 Å². The van der Waals surface area contributed by atoms with Crippen LogP contribution >= 0.6 is 0 Å². The molecule has 11 rings (SSSR count). The molecule has 0 bridgehead atoms. The fraction of sp³-hybridized carbons (Fsp3) is 0.242. The van der Waals surface area contributed by atoms with Gasteiger partial charge in [-0.2, -0.15) is 5.26 Å². The van der Waals surface area contributed by atoms with E-state index in [0.717, 1.165) is 61.3 Å². The van der Waals surface area contributed by atoms with Gasteiger partial charge in [0.25, 0.3) is 0 Å². The highest BCUT2D eigenvalue weighted by Gasteiger charge is 2.29. The Labute approximate surface area is 418 Å². The second kappa shape index (κ2) is 15.8. The Bertz CT molecular complexity index is 3700. The Hall–Kier alpha value is -7.86. The van der Waals surface area contributed by atoms with Gasteiger partial charge in [0.1, 0.15) is 0 Å². The molecule has 0 unspecified atom stereocenters. The van der Waals surface area contributed by atoms with Crippen LogP contribution in [-0.2, 0) is 21.7 Å². The quantitative estimate of drug-likeness (QED) is 0.162. The highest BCUT2D eigenvalue weighted by molar-refractivity contribution is 6.14. The molecule has 0 atom stereocenters. The Morgan fingerprint density at radius 2 is 0.718 bits per heavy atom. The first-order valence-corrected chi connectivity index (χ1v) is 24.9. The summed E-state index contributed by atoms with van der Waals surface area (Å²) in [5, 5.41) is 17.6. The number of benzene rings is 8. The molecule has 0 spiro atoms. The number of hydrogen-bond acceptors (Lipinski definition) is 1. The maximum absolute atomic E-state index is 10.4. The lowest BCUT2D eigenvalue weighted by molar-refractivity contribution is 0.590. The average molecular weight is 924 g/mol. The van der Waals surface area contributed by atoms with Crippen molar-refractivity contribution in [2.75, 3.05) is 0 Å². The molecule has 0 aliphatic rings. The monoisotopic (exact) mass is 923 g/mol. The third-order valence-corrected chi connectivity index (χ3v) is 14.9. The van der Waals surface area contributed by atoms with Crippen LogP contribution in [0.1, 0.15) is 111 Å². The smallest absolute Gasteiger partial charge is 0.189 e. The molecular weight excluding hydrogens is 863 g/mol. The summed E-state index contributed by atoms with van der Waals surface area (Å²) >= 11 is 0. The summed E-state index contributed by atoms with van der Waals surface area (Å²) in [6, 6.07) is 58.3. The molecule has 11 aromatic rings. The Balaban J connectivity index is 1.42. The lowest BCUT2D eigenvalue weighted by atomic mass is 9.85. The average Bonchev–Trinajstić information content (AvgIpc) is 3.97. The largest absolute Gasteiger partial charge is 0.307 e. The number of hydrogen-bond donors (Lipinski definition) is 0. The van der Waals surface area contributed by atoms with Crippen molar-refractivity contribution in [3.8, 4) is 34.3 Å². The standard InChI is InChI=1S/C66H61N5/c1-63(2,3)43-22-26-56-50(35-43)51-36-44(64(4,5)6)23-27-57(51)69(56)60-33-42(41-30-40(39-67)31-47(32-41)68-13)34-61(62(60)71-54-20-16-14-18-48(54)49-19-15-17-21-55(49)71)70-58-28-24-45(65(7,8)9)37-52(58)53-38-46(66(10,11)12)25-29-59(53)70/h14-38H,1-12H3. The van der Waals surface area contributed by atoms with Gasteiger partial charge in [-0.15, -0.1) is 0 Å². The van der Waals surface area contributed by atoms with E-state index >= 15 is 0 Å².